The molecule has 1 aliphatic heterocycles. The van der Waals surface area contributed by atoms with E-state index in [9.17, 15) is 0 Å². The third-order valence-electron chi connectivity index (χ3n) is 3.74. The molecule has 0 aliphatic carbocycles. The van der Waals surface area contributed by atoms with Gasteiger partial charge in [-0.25, -0.2) is 0 Å². The van der Waals surface area contributed by atoms with Crippen LogP contribution in [-0.2, 0) is 15.5 Å². The van der Waals surface area contributed by atoms with Crippen LogP contribution < -0.4 is 5.46 Å². The van der Waals surface area contributed by atoms with Crippen LogP contribution in [-0.4, -0.2) is 18.3 Å². The summed E-state index contributed by atoms with van der Waals surface area (Å²) in [6.45, 7) is 8.29. The first-order valence-corrected chi connectivity index (χ1v) is 6.82. The minimum atomic E-state index is -0.267. The highest BCUT2D eigenvalue weighted by atomic mass is 31.0. The molecule has 1 unspecified atom stereocenters. The molecule has 1 saturated heterocycles. The van der Waals surface area contributed by atoms with Crippen molar-refractivity contribution in [2.75, 3.05) is 0 Å². The van der Waals surface area contributed by atoms with Gasteiger partial charge in [-0.3, -0.25) is 0 Å². The van der Waals surface area contributed by atoms with Gasteiger partial charge in [0.2, 0.25) is 0 Å². The van der Waals surface area contributed by atoms with E-state index in [0.717, 1.165) is 11.6 Å². The van der Waals surface area contributed by atoms with Gasteiger partial charge in [-0.05, 0) is 44.9 Å². The van der Waals surface area contributed by atoms with Crippen molar-refractivity contribution in [2.24, 2.45) is 0 Å². The highest BCUT2D eigenvalue weighted by molar-refractivity contribution is 7.15. The van der Waals surface area contributed by atoms with Gasteiger partial charge >= 0.3 is 7.12 Å². The lowest BCUT2D eigenvalue weighted by molar-refractivity contribution is 0.00578. The largest absolute Gasteiger partial charge is 0.494 e. The number of rotatable bonds is 2. The van der Waals surface area contributed by atoms with Crippen LogP contribution in [0.2, 0.25) is 0 Å². The molecule has 1 heterocycles. The summed E-state index contributed by atoms with van der Waals surface area (Å²) in [5.41, 5.74) is 1.86. The van der Waals surface area contributed by atoms with Crippen LogP contribution in [0.3, 0.4) is 0 Å². The maximum atomic E-state index is 6.00. The van der Waals surface area contributed by atoms with E-state index in [4.69, 9.17) is 9.31 Å². The first-order valence-electron chi connectivity index (χ1n) is 6.00. The average molecular weight is 250 g/mol. The molecule has 0 bridgehead atoms. The molecule has 1 atom stereocenters. The van der Waals surface area contributed by atoms with E-state index < -0.39 is 0 Å². The zero-order valence-corrected chi connectivity index (χ0v) is 12.1. The highest BCUT2D eigenvalue weighted by Crippen LogP contribution is 2.36. The van der Waals surface area contributed by atoms with Crippen LogP contribution >= 0.6 is 9.24 Å². The minimum Gasteiger partial charge on any atom is -0.399 e. The zero-order chi connectivity index (χ0) is 12.7. The van der Waals surface area contributed by atoms with Gasteiger partial charge in [0.05, 0.1) is 11.2 Å². The van der Waals surface area contributed by atoms with E-state index in [0.29, 0.717) is 0 Å². The second kappa shape index (κ2) is 4.38. The van der Waals surface area contributed by atoms with Gasteiger partial charge in [0, 0.05) is 0 Å². The van der Waals surface area contributed by atoms with E-state index in [-0.39, 0.29) is 18.3 Å². The summed E-state index contributed by atoms with van der Waals surface area (Å²) >= 11 is 0. The van der Waals surface area contributed by atoms with Crippen LogP contribution in [0.15, 0.2) is 24.3 Å². The van der Waals surface area contributed by atoms with Crippen LogP contribution in [0.5, 0.6) is 0 Å². The van der Waals surface area contributed by atoms with Gasteiger partial charge in [0.25, 0.3) is 0 Å². The molecule has 0 spiro atoms. The van der Waals surface area contributed by atoms with E-state index in [1.54, 1.807) is 0 Å². The first-order chi connectivity index (χ1) is 7.86. The lowest BCUT2D eigenvalue weighted by Crippen LogP contribution is -2.41. The Balaban J connectivity index is 2.20. The molecule has 0 N–H and O–H groups in total. The normalized spacial score (nSPS) is 21.8. The monoisotopic (exact) mass is 250 g/mol. The van der Waals surface area contributed by atoms with Crippen molar-refractivity contribution < 1.29 is 9.31 Å². The lowest BCUT2D eigenvalue weighted by Gasteiger charge is -2.32. The summed E-state index contributed by atoms with van der Waals surface area (Å²) in [7, 11) is 2.48. The Labute approximate surface area is 106 Å². The third-order valence-corrected chi connectivity index (χ3v) is 4.21. The Morgan fingerprint density at radius 1 is 1.00 bits per heavy atom. The van der Waals surface area contributed by atoms with Crippen molar-refractivity contribution in [3.8, 4) is 0 Å². The van der Waals surface area contributed by atoms with Gasteiger partial charge in [0.15, 0.2) is 0 Å². The molecule has 0 saturated carbocycles. The Morgan fingerprint density at radius 3 is 1.88 bits per heavy atom. The fourth-order valence-electron chi connectivity index (χ4n) is 1.79. The molecule has 2 nitrogen and oxygen atoms in total. The Hall–Kier alpha value is -0.365. The van der Waals surface area contributed by atoms with E-state index in [2.05, 4.69) is 61.2 Å². The molecule has 2 rings (SSSR count). The minimum absolute atomic E-state index is 0.251. The molecule has 17 heavy (non-hydrogen) atoms. The van der Waals surface area contributed by atoms with E-state index >= 15 is 0 Å². The van der Waals surface area contributed by atoms with Crippen molar-refractivity contribution in [2.45, 2.75) is 45.1 Å². The lowest BCUT2D eigenvalue weighted by atomic mass is 9.79. The molecule has 92 valence electrons. The van der Waals surface area contributed by atoms with Crippen molar-refractivity contribution >= 4 is 21.8 Å². The van der Waals surface area contributed by atoms with Gasteiger partial charge in [-0.15, -0.1) is 9.24 Å². The van der Waals surface area contributed by atoms with Crippen molar-refractivity contribution in [3.63, 3.8) is 0 Å². The zero-order valence-electron chi connectivity index (χ0n) is 11.0. The highest BCUT2D eigenvalue weighted by Gasteiger charge is 2.51. The summed E-state index contributed by atoms with van der Waals surface area (Å²) in [5.74, 6) is 0. The quantitative estimate of drug-likeness (QED) is 0.592. The Morgan fingerprint density at radius 2 is 1.47 bits per heavy atom. The first kappa shape index (κ1) is 13.1. The van der Waals surface area contributed by atoms with Crippen LogP contribution in [0.25, 0.3) is 0 Å². The smallest absolute Gasteiger partial charge is 0.399 e. The van der Waals surface area contributed by atoms with E-state index in [1.165, 1.54) is 5.56 Å². The second-order valence-electron chi connectivity index (χ2n) is 5.53. The molecule has 4 heteroatoms. The summed E-state index contributed by atoms with van der Waals surface area (Å²) in [6, 6.07) is 8.41. The maximum Gasteiger partial charge on any atom is 0.494 e. The average Bonchev–Trinajstić information content (AvgIpc) is 2.48. The summed E-state index contributed by atoms with van der Waals surface area (Å²) in [5, 5.41) is 0. The molecular formula is C13H20BO2P. The molecular weight excluding hydrogens is 230 g/mol. The molecule has 1 aromatic rings. The number of hydrogen-bond acceptors (Lipinski definition) is 2. The molecule has 1 fully saturated rings. The van der Waals surface area contributed by atoms with Crippen LogP contribution in [0.4, 0.5) is 0 Å². The topological polar surface area (TPSA) is 18.5 Å². The number of benzene rings is 1. The SMILES string of the molecule is CC1(C)OB(c2ccc(CP)cc2)OC1(C)C. The van der Waals surface area contributed by atoms with E-state index in [1.807, 2.05) is 0 Å². The second-order valence-corrected chi connectivity index (χ2v) is 5.94. The summed E-state index contributed by atoms with van der Waals surface area (Å²) in [6.07, 6.45) is 0.976. The van der Waals surface area contributed by atoms with Crippen molar-refractivity contribution in [1.29, 1.82) is 0 Å². The molecule has 1 aromatic carbocycles. The fourth-order valence-corrected chi connectivity index (χ4v) is 2.06. The standard InChI is InChI=1S/C13H20BO2P/c1-12(2)13(3,4)16-14(15-12)11-7-5-10(9-17)6-8-11/h5-8H,9,17H2,1-4H3. The van der Waals surface area contributed by atoms with Gasteiger partial charge < -0.3 is 9.31 Å². The van der Waals surface area contributed by atoms with Crippen LogP contribution in [0, 0.1) is 0 Å². The van der Waals surface area contributed by atoms with Crippen molar-refractivity contribution in [1.82, 2.24) is 0 Å². The van der Waals surface area contributed by atoms with Gasteiger partial charge in [-0.1, -0.05) is 24.3 Å². The summed E-state index contributed by atoms with van der Waals surface area (Å²) in [4.78, 5) is 0. The Bertz CT molecular complexity index is 384. The third kappa shape index (κ3) is 2.42. The number of hydrogen-bond donors (Lipinski definition) is 0. The fraction of sp³-hybridized carbons (Fsp3) is 0.538. The summed E-state index contributed by atoms with van der Waals surface area (Å²) < 4.78 is 12.0. The van der Waals surface area contributed by atoms with Gasteiger partial charge in [0.1, 0.15) is 0 Å². The van der Waals surface area contributed by atoms with Gasteiger partial charge in [-0.2, -0.15) is 0 Å². The molecule has 1 aliphatic rings. The Kier molecular flexibility index (Phi) is 3.37. The predicted molar refractivity (Wildman–Crippen MR) is 75.6 cm³/mol. The van der Waals surface area contributed by atoms with Crippen LogP contribution in [0.1, 0.15) is 33.3 Å². The van der Waals surface area contributed by atoms with Crippen molar-refractivity contribution in [3.05, 3.63) is 29.8 Å². The maximum absolute atomic E-state index is 6.00. The molecule has 0 aromatic heterocycles. The molecule has 0 radical (unpaired) electrons. The molecule has 0 amide bonds. The predicted octanol–water partition coefficient (Wildman–Crippen LogP) is 2.36.